The summed E-state index contributed by atoms with van der Waals surface area (Å²) in [5.41, 5.74) is 4.61. The van der Waals surface area contributed by atoms with Crippen molar-refractivity contribution in [2.75, 3.05) is 5.73 Å². The van der Waals surface area contributed by atoms with Crippen LogP contribution in [0.15, 0.2) is 17.7 Å². The Morgan fingerprint density at radius 2 is 2.05 bits per heavy atom. The van der Waals surface area contributed by atoms with Gasteiger partial charge in [-0.1, -0.05) is 11.6 Å². The predicted molar refractivity (Wildman–Crippen MR) is 61.9 cm³/mol. The van der Waals surface area contributed by atoms with Crippen LogP contribution in [0, 0.1) is 0 Å². The van der Waals surface area contributed by atoms with Crippen LogP contribution in [0.1, 0.15) is 5.56 Å². The molecule has 0 saturated carbocycles. The summed E-state index contributed by atoms with van der Waals surface area (Å²) in [6, 6.07) is 2.51. The monoisotopic (exact) mass is 293 g/mol. The fourth-order valence-electron chi connectivity index (χ4n) is 1.72. The molecule has 0 saturated heterocycles. The van der Waals surface area contributed by atoms with Crippen molar-refractivity contribution in [2.45, 2.75) is 12.3 Å². The summed E-state index contributed by atoms with van der Waals surface area (Å²) in [5.74, 6) is -1.94. The Bertz CT molecular complexity index is 583. The third-order valence-electron chi connectivity index (χ3n) is 2.48. The molecule has 1 atom stereocenters. The lowest BCUT2D eigenvalue weighted by atomic mass is 10.0. The van der Waals surface area contributed by atoms with Crippen LogP contribution in [0.3, 0.4) is 0 Å². The quantitative estimate of drug-likeness (QED) is 0.781. The third kappa shape index (κ3) is 2.46. The Morgan fingerprint density at radius 1 is 1.42 bits per heavy atom. The van der Waals surface area contributed by atoms with E-state index in [-0.39, 0.29) is 22.0 Å². The molecule has 1 aliphatic heterocycles. The van der Waals surface area contributed by atoms with Crippen LogP contribution in [-0.4, -0.2) is 23.4 Å². The van der Waals surface area contributed by atoms with Gasteiger partial charge in [-0.25, -0.2) is 4.79 Å². The Hall–Kier alpha value is -1.89. The van der Waals surface area contributed by atoms with E-state index in [0.717, 1.165) is 6.08 Å². The van der Waals surface area contributed by atoms with Gasteiger partial charge in [-0.2, -0.15) is 13.2 Å². The van der Waals surface area contributed by atoms with Crippen molar-refractivity contribution in [2.24, 2.45) is 0 Å². The topological polar surface area (TPSA) is 72.5 Å². The van der Waals surface area contributed by atoms with Gasteiger partial charge in [-0.3, -0.25) is 0 Å². The van der Waals surface area contributed by atoms with E-state index in [1.165, 1.54) is 12.1 Å². The van der Waals surface area contributed by atoms with E-state index < -0.39 is 23.8 Å². The standard InChI is InChI=1S/C11H7ClF3NO3/c12-5-1-4-2-6(10(17)18)9(11(13,14)15)19-8(4)7(16)3-5/h1-3,9H,16H2,(H,17,18)/t9-/m1/s1. The molecule has 102 valence electrons. The summed E-state index contributed by atoms with van der Waals surface area (Å²) in [6.07, 6.45) is -6.55. The van der Waals surface area contributed by atoms with Gasteiger partial charge in [-0.15, -0.1) is 0 Å². The molecule has 0 fully saturated rings. The number of alkyl halides is 3. The van der Waals surface area contributed by atoms with Gasteiger partial charge >= 0.3 is 12.1 Å². The number of nitrogens with two attached hydrogens (primary N) is 1. The molecule has 1 aromatic carbocycles. The number of carboxylic acids is 1. The van der Waals surface area contributed by atoms with Crippen LogP contribution < -0.4 is 10.5 Å². The first kappa shape index (κ1) is 13.5. The summed E-state index contributed by atoms with van der Waals surface area (Å²) in [6.45, 7) is 0. The Kier molecular flexibility index (Phi) is 3.09. The van der Waals surface area contributed by atoms with Crippen LogP contribution in [0.2, 0.25) is 5.02 Å². The third-order valence-corrected chi connectivity index (χ3v) is 2.70. The van der Waals surface area contributed by atoms with Gasteiger partial charge in [0.15, 0.2) is 5.75 Å². The van der Waals surface area contributed by atoms with Gasteiger partial charge in [0.1, 0.15) is 0 Å². The molecule has 0 spiro atoms. The predicted octanol–water partition coefficient (Wildman–Crippen LogP) is 2.71. The minimum Gasteiger partial charge on any atom is -0.478 e. The van der Waals surface area contributed by atoms with E-state index in [1.807, 2.05) is 0 Å². The van der Waals surface area contributed by atoms with Gasteiger partial charge in [-0.05, 0) is 18.2 Å². The van der Waals surface area contributed by atoms with Crippen molar-refractivity contribution in [3.63, 3.8) is 0 Å². The van der Waals surface area contributed by atoms with Crippen molar-refractivity contribution in [3.05, 3.63) is 28.3 Å². The number of fused-ring (bicyclic) bond motifs is 1. The number of hydrogen-bond donors (Lipinski definition) is 2. The summed E-state index contributed by atoms with van der Waals surface area (Å²) in [5, 5.41) is 9.00. The maximum absolute atomic E-state index is 12.8. The molecule has 2 rings (SSSR count). The molecule has 3 N–H and O–H groups in total. The van der Waals surface area contributed by atoms with E-state index >= 15 is 0 Å². The number of carbonyl (C=O) groups is 1. The molecule has 4 nitrogen and oxygen atoms in total. The molecule has 0 aliphatic carbocycles. The van der Waals surface area contributed by atoms with Crippen molar-refractivity contribution in [1.29, 1.82) is 0 Å². The summed E-state index contributed by atoms with van der Waals surface area (Å²) in [4.78, 5) is 10.9. The zero-order chi connectivity index (χ0) is 14.4. The molecule has 0 aromatic heterocycles. The number of aliphatic carboxylic acids is 1. The number of anilines is 1. The van der Waals surface area contributed by atoms with E-state index in [0.29, 0.717) is 0 Å². The number of benzene rings is 1. The molecule has 0 amide bonds. The van der Waals surface area contributed by atoms with Crippen LogP contribution in [0.4, 0.5) is 18.9 Å². The van der Waals surface area contributed by atoms with E-state index in [4.69, 9.17) is 27.2 Å². The zero-order valence-corrected chi connectivity index (χ0v) is 9.92. The number of hydrogen-bond acceptors (Lipinski definition) is 3. The van der Waals surface area contributed by atoms with Gasteiger partial charge in [0.2, 0.25) is 6.10 Å². The number of carboxylic acid groups (broad SMARTS) is 1. The molecule has 0 unspecified atom stereocenters. The molecule has 19 heavy (non-hydrogen) atoms. The van der Waals surface area contributed by atoms with Gasteiger partial charge in [0.05, 0.1) is 11.3 Å². The average molecular weight is 294 g/mol. The second-order valence-corrected chi connectivity index (χ2v) is 4.29. The van der Waals surface area contributed by atoms with E-state index in [1.54, 1.807) is 0 Å². The number of ether oxygens (including phenoxy) is 1. The second kappa shape index (κ2) is 4.34. The fraction of sp³-hybridized carbons (Fsp3) is 0.182. The SMILES string of the molecule is Nc1cc(Cl)cc2c1O[C@@H](C(F)(F)F)C(C(=O)O)=C2. The Balaban J connectivity index is 2.61. The largest absolute Gasteiger partial charge is 0.478 e. The van der Waals surface area contributed by atoms with E-state index in [9.17, 15) is 18.0 Å². The smallest absolute Gasteiger partial charge is 0.430 e. The minimum atomic E-state index is -4.85. The van der Waals surface area contributed by atoms with Gasteiger partial charge in [0, 0.05) is 10.6 Å². The highest BCUT2D eigenvalue weighted by molar-refractivity contribution is 6.31. The molecule has 1 aromatic rings. The molecular weight excluding hydrogens is 287 g/mol. The molecule has 0 radical (unpaired) electrons. The second-order valence-electron chi connectivity index (χ2n) is 3.86. The van der Waals surface area contributed by atoms with Crippen LogP contribution >= 0.6 is 11.6 Å². The highest BCUT2D eigenvalue weighted by atomic mass is 35.5. The zero-order valence-electron chi connectivity index (χ0n) is 9.16. The molecule has 1 aliphatic rings. The maximum atomic E-state index is 12.8. The normalized spacial score (nSPS) is 18.3. The first-order valence-electron chi connectivity index (χ1n) is 4.97. The maximum Gasteiger partial charge on any atom is 0.430 e. The van der Waals surface area contributed by atoms with Crippen LogP contribution in [0.5, 0.6) is 5.75 Å². The molecular formula is C11H7ClF3NO3. The number of nitrogen functional groups attached to an aromatic ring is 1. The highest BCUT2D eigenvalue weighted by Crippen LogP contribution is 2.41. The molecule has 1 heterocycles. The summed E-state index contributed by atoms with van der Waals surface area (Å²) >= 11 is 5.70. The number of halogens is 4. The Labute approximate surface area is 110 Å². The molecule has 0 bridgehead atoms. The lowest BCUT2D eigenvalue weighted by Gasteiger charge is -2.27. The minimum absolute atomic E-state index is 0.0857. The van der Waals surface area contributed by atoms with Crippen molar-refractivity contribution < 1.29 is 27.8 Å². The lowest BCUT2D eigenvalue weighted by molar-refractivity contribution is -0.187. The average Bonchev–Trinajstić information content (AvgIpc) is 2.25. The number of rotatable bonds is 1. The Morgan fingerprint density at radius 3 is 2.58 bits per heavy atom. The van der Waals surface area contributed by atoms with Gasteiger partial charge in [0.25, 0.3) is 0 Å². The molecule has 8 heteroatoms. The van der Waals surface area contributed by atoms with Crippen LogP contribution in [-0.2, 0) is 4.79 Å². The van der Waals surface area contributed by atoms with E-state index in [2.05, 4.69) is 0 Å². The van der Waals surface area contributed by atoms with Crippen molar-refractivity contribution >= 4 is 29.3 Å². The van der Waals surface area contributed by atoms with Gasteiger partial charge < -0.3 is 15.6 Å². The van der Waals surface area contributed by atoms with Crippen LogP contribution in [0.25, 0.3) is 6.08 Å². The lowest BCUT2D eigenvalue weighted by Crippen LogP contribution is -2.40. The first-order valence-corrected chi connectivity index (χ1v) is 5.35. The van der Waals surface area contributed by atoms with Crippen molar-refractivity contribution in [3.8, 4) is 5.75 Å². The fourth-order valence-corrected chi connectivity index (χ4v) is 1.96. The summed E-state index contributed by atoms with van der Waals surface area (Å²) < 4.78 is 43.0. The highest BCUT2D eigenvalue weighted by Gasteiger charge is 2.48. The first-order chi connectivity index (χ1) is 8.70. The van der Waals surface area contributed by atoms with Crippen molar-refractivity contribution in [1.82, 2.24) is 0 Å². The summed E-state index contributed by atoms with van der Waals surface area (Å²) in [7, 11) is 0.